The van der Waals surface area contributed by atoms with Gasteiger partial charge in [0.15, 0.2) is 6.61 Å². The second kappa shape index (κ2) is 10.2. The molecule has 0 bridgehead atoms. The van der Waals surface area contributed by atoms with E-state index in [9.17, 15) is 28.4 Å². The number of furan rings is 1. The fourth-order valence-electron chi connectivity index (χ4n) is 3.48. The maximum absolute atomic E-state index is 13.0. The normalized spacial score (nSPS) is 12.3. The number of carbonyl (C=O) groups is 5. The molecule has 0 aliphatic carbocycles. The molecule has 4 rings (SSSR count). The molecular weight excluding hydrogens is 473 g/mol. The number of imide groups is 1. The quantitative estimate of drug-likeness (QED) is 0.377. The lowest BCUT2D eigenvalue weighted by molar-refractivity contribution is -0.136. The zero-order chi connectivity index (χ0) is 25.8. The summed E-state index contributed by atoms with van der Waals surface area (Å²) < 4.78 is 23.2. The molecule has 36 heavy (non-hydrogen) atoms. The van der Waals surface area contributed by atoms with E-state index in [0.717, 1.165) is 9.80 Å². The molecule has 4 amide bonds. The first-order valence-corrected chi connectivity index (χ1v) is 10.7. The van der Waals surface area contributed by atoms with Gasteiger partial charge in [0.1, 0.15) is 11.6 Å². The summed E-state index contributed by atoms with van der Waals surface area (Å²) in [6.07, 6.45) is 1.43. The molecule has 3 aromatic rings. The van der Waals surface area contributed by atoms with Crippen LogP contribution >= 0.6 is 0 Å². The molecule has 10 nitrogen and oxygen atoms in total. The molecule has 1 aliphatic rings. The van der Waals surface area contributed by atoms with Gasteiger partial charge in [-0.1, -0.05) is 0 Å². The van der Waals surface area contributed by atoms with E-state index in [-0.39, 0.29) is 29.8 Å². The van der Waals surface area contributed by atoms with Crippen LogP contribution in [0.3, 0.4) is 0 Å². The average Bonchev–Trinajstić information content (AvgIpc) is 3.46. The summed E-state index contributed by atoms with van der Waals surface area (Å²) in [6, 6.07) is 12.3. The minimum Gasteiger partial charge on any atom is -0.467 e. The number of esters is 1. The number of benzene rings is 2. The number of nitrogens with one attached hydrogen (secondary N) is 1. The van der Waals surface area contributed by atoms with Gasteiger partial charge in [0.05, 0.1) is 36.0 Å². The molecular formula is C25H20FN3O7. The van der Waals surface area contributed by atoms with Gasteiger partial charge in [0.25, 0.3) is 17.7 Å². The highest BCUT2D eigenvalue weighted by atomic mass is 19.1. The van der Waals surface area contributed by atoms with Crippen LogP contribution in [0.2, 0.25) is 0 Å². The van der Waals surface area contributed by atoms with Crippen LogP contribution in [0.5, 0.6) is 0 Å². The Morgan fingerprint density at radius 3 is 2.44 bits per heavy atom. The molecule has 0 spiro atoms. The Bertz CT molecular complexity index is 1340. The first kappa shape index (κ1) is 24.3. The zero-order valence-corrected chi connectivity index (χ0v) is 19.0. The summed E-state index contributed by atoms with van der Waals surface area (Å²) in [5, 5.41) is 2.52. The van der Waals surface area contributed by atoms with Crippen LogP contribution in [0.1, 0.15) is 36.8 Å². The molecule has 2 heterocycles. The lowest BCUT2D eigenvalue weighted by Gasteiger charge is -2.17. The number of nitrogens with zero attached hydrogens (tertiary/aromatic N) is 2. The molecule has 1 aromatic heterocycles. The van der Waals surface area contributed by atoms with Gasteiger partial charge in [-0.15, -0.1) is 0 Å². The van der Waals surface area contributed by atoms with Crippen molar-refractivity contribution < 1.29 is 37.5 Å². The first-order valence-electron chi connectivity index (χ1n) is 10.7. The fraction of sp³-hybridized carbons (Fsp3) is 0.160. The smallest absolute Gasteiger partial charge is 0.338 e. The van der Waals surface area contributed by atoms with Crippen molar-refractivity contribution in [1.82, 2.24) is 9.80 Å². The Balaban J connectivity index is 1.31. The van der Waals surface area contributed by atoms with E-state index in [1.165, 1.54) is 55.8 Å². The number of rotatable bonds is 8. The van der Waals surface area contributed by atoms with E-state index in [4.69, 9.17) is 9.15 Å². The molecule has 0 radical (unpaired) electrons. The second-order valence-electron chi connectivity index (χ2n) is 7.92. The molecule has 0 unspecified atom stereocenters. The maximum atomic E-state index is 13.0. The molecule has 0 saturated carbocycles. The Labute approximate surface area is 204 Å². The monoisotopic (exact) mass is 493 g/mol. The highest BCUT2D eigenvalue weighted by molar-refractivity contribution is 6.21. The molecule has 0 saturated heterocycles. The number of amides is 4. The summed E-state index contributed by atoms with van der Waals surface area (Å²) >= 11 is 0. The van der Waals surface area contributed by atoms with E-state index in [1.807, 2.05) is 0 Å². The number of anilines is 1. The highest BCUT2D eigenvalue weighted by Crippen LogP contribution is 2.26. The van der Waals surface area contributed by atoms with Gasteiger partial charge in [-0.25, -0.2) is 9.18 Å². The van der Waals surface area contributed by atoms with Gasteiger partial charge in [0.2, 0.25) is 5.91 Å². The van der Waals surface area contributed by atoms with Gasteiger partial charge in [-0.2, -0.15) is 0 Å². The molecule has 0 atom stereocenters. The largest absolute Gasteiger partial charge is 0.467 e. The number of likely N-dealkylation sites (N-methyl/N-ethyl adjacent to an activating group) is 1. The third-order valence-corrected chi connectivity index (χ3v) is 5.36. The van der Waals surface area contributed by atoms with Crippen LogP contribution < -0.4 is 5.32 Å². The Morgan fingerprint density at radius 1 is 1.03 bits per heavy atom. The van der Waals surface area contributed by atoms with Crippen molar-refractivity contribution in [3.8, 4) is 0 Å². The summed E-state index contributed by atoms with van der Waals surface area (Å²) in [5.41, 5.74) is 0.535. The van der Waals surface area contributed by atoms with Gasteiger partial charge >= 0.3 is 5.97 Å². The molecule has 184 valence electrons. The van der Waals surface area contributed by atoms with Crippen LogP contribution in [0.15, 0.2) is 65.3 Å². The lowest BCUT2D eigenvalue weighted by Crippen LogP contribution is -2.37. The average molecular weight is 493 g/mol. The zero-order valence-electron chi connectivity index (χ0n) is 19.0. The number of carbonyl (C=O) groups excluding carboxylic acids is 5. The number of hydrogen-bond acceptors (Lipinski definition) is 7. The van der Waals surface area contributed by atoms with Crippen molar-refractivity contribution in [3.05, 3.63) is 89.1 Å². The third-order valence-electron chi connectivity index (χ3n) is 5.36. The summed E-state index contributed by atoms with van der Waals surface area (Å²) in [4.78, 5) is 64.2. The second-order valence-corrected chi connectivity index (χ2v) is 7.92. The standard InChI is InChI=1S/C25H20FN3O7/c1-28(13-21(30)27-17-7-5-16(26)6-8-17)22(31)14-36-25(34)15-4-9-19-20(11-15)24(33)29(23(19)32)12-18-3-2-10-35-18/h2-11H,12-14H2,1H3,(H,27,30). The van der Waals surface area contributed by atoms with Gasteiger partial charge in [-0.05, 0) is 54.6 Å². The lowest BCUT2D eigenvalue weighted by atomic mass is 10.1. The van der Waals surface area contributed by atoms with Crippen LogP contribution in [-0.2, 0) is 20.9 Å². The van der Waals surface area contributed by atoms with Crippen LogP contribution in [0.25, 0.3) is 0 Å². The van der Waals surface area contributed by atoms with Crippen molar-refractivity contribution in [1.29, 1.82) is 0 Å². The summed E-state index contributed by atoms with van der Waals surface area (Å²) in [6.45, 7) is -1.02. The third kappa shape index (κ3) is 5.30. The van der Waals surface area contributed by atoms with Crippen LogP contribution in [-0.4, -0.2) is 59.6 Å². The minimum atomic E-state index is -0.875. The van der Waals surface area contributed by atoms with Crippen molar-refractivity contribution in [2.75, 3.05) is 25.5 Å². The molecule has 1 N–H and O–H groups in total. The Kier molecular flexibility index (Phi) is 6.91. The predicted octanol–water partition coefficient (Wildman–Crippen LogP) is 2.47. The number of halogens is 1. The highest BCUT2D eigenvalue weighted by Gasteiger charge is 2.36. The van der Waals surface area contributed by atoms with Crippen LogP contribution in [0, 0.1) is 5.82 Å². The number of fused-ring (bicyclic) bond motifs is 1. The maximum Gasteiger partial charge on any atom is 0.338 e. The molecule has 1 aliphatic heterocycles. The van der Waals surface area contributed by atoms with Crippen molar-refractivity contribution in [2.24, 2.45) is 0 Å². The summed E-state index contributed by atoms with van der Waals surface area (Å²) in [5.74, 6) is -3.16. The van der Waals surface area contributed by atoms with Crippen molar-refractivity contribution in [2.45, 2.75) is 6.54 Å². The molecule has 0 fully saturated rings. The van der Waals surface area contributed by atoms with E-state index in [2.05, 4.69) is 5.32 Å². The number of hydrogen-bond donors (Lipinski definition) is 1. The SMILES string of the molecule is CN(CC(=O)Nc1ccc(F)cc1)C(=O)COC(=O)c1ccc2c(c1)C(=O)N(Cc1ccco1)C2=O. The number of ether oxygens (including phenoxy) is 1. The van der Waals surface area contributed by atoms with E-state index >= 15 is 0 Å². The van der Waals surface area contributed by atoms with Gasteiger partial charge < -0.3 is 19.4 Å². The first-order chi connectivity index (χ1) is 17.2. The Morgan fingerprint density at radius 2 is 1.75 bits per heavy atom. The topological polar surface area (TPSA) is 126 Å². The predicted molar refractivity (Wildman–Crippen MR) is 122 cm³/mol. The van der Waals surface area contributed by atoms with Gasteiger partial charge in [0, 0.05) is 12.7 Å². The van der Waals surface area contributed by atoms with E-state index in [0.29, 0.717) is 11.4 Å². The van der Waals surface area contributed by atoms with Gasteiger partial charge in [-0.3, -0.25) is 24.1 Å². The van der Waals surface area contributed by atoms with Crippen molar-refractivity contribution >= 4 is 35.3 Å². The van der Waals surface area contributed by atoms with E-state index < -0.39 is 42.0 Å². The van der Waals surface area contributed by atoms with Crippen molar-refractivity contribution in [3.63, 3.8) is 0 Å². The molecule has 2 aromatic carbocycles. The van der Waals surface area contributed by atoms with Crippen LogP contribution in [0.4, 0.5) is 10.1 Å². The summed E-state index contributed by atoms with van der Waals surface area (Å²) in [7, 11) is 1.35. The Hall–Kier alpha value is -4.80. The fourth-order valence-corrected chi connectivity index (χ4v) is 3.48. The van der Waals surface area contributed by atoms with E-state index in [1.54, 1.807) is 12.1 Å². The molecule has 11 heteroatoms. The minimum absolute atomic E-state index is 0.0146.